The van der Waals surface area contributed by atoms with Crippen molar-refractivity contribution in [2.75, 3.05) is 13.7 Å². The number of carbonyl (C=O) groups excluding carboxylic acids is 1. The van der Waals surface area contributed by atoms with Crippen molar-refractivity contribution in [2.24, 2.45) is 0 Å². The molecule has 94 valence electrons. The predicted molar refractivity (Wildman–Crippen MR) is 64.7 cm³/mol. The van der Waals surface area contributed by atoms with Gasteiger partial charge in [-0.15, -0.1) is 0 Å². The van der Waals surface area contributed by atoms with E-state index in [4.69, 9.17) is 5.11 Å². The number of imidazole rings is 1. The summed E-state index contributed by atoms with van der Waals surface area (Å²) in [5, 5.41) is 18.5. The van der Waals surface area contributed by atoms with Gasteiger partial charge < -0.3 is 19.9 Å². The zero-order chi connectivity index (χ0) is 13.1. The molecule has 6 heteroatoms. The lowest BCUT2D eigenvalue weighted by Crippen LogP contribution is -2.10. The topological polar surface area (TPSA) is 95.4 Å². The Hall–Kier alpha value is -2.34. The minimum atomic E-state index is -0.763. The van der Waals surface area contributed by atoms with Crippen molar-refractivity contribution in [2.45, 2.75) is 0 Å². The summed E-state index contributed by atoms with van der Waals surface area (Å²) in [6.07, 6.45) is 0. The maximum Gasteiger partial charge on any atom is 0.345 e. The smallest absolute Gasteiger partial charge is 0.345 e. The first-order chi connectivity index (χ1) is 8.67. The molecule has 0 aliphatic carbocycles. The zero-order valence-corrected chi connectivity index (χ0v) is 9.67. The summed E-state index contributed by atoms with van der Waals surface area (Å²) in [4.78, 5) is 18.6. The Labute approximate surface area is 103 Å². The number of aromatic amines is 1. The number of rotatable bonds is 3. The number of benzene rings is 1. The largest absolute Gasteiger partial charge is 0.509 e. The van der Waals surface area contributed by atoms with Crippen LogP contribution in [0, 0.1) is 0 Å². The average Bonchev–Trinajstić information content (AvgIpc) is 2.81. The molecule has 0 aliphatic heterocycles. The first-order valence-electron chi connectivity index (χ1n) is 5.23. The number of aliphatic hydroxyl groups excluding tert-OH is 2. The Balaban J connectivity index is 2.58. The number of carbonyl (C=O) groups is 1. The van der Waals surface area contributed by atoms with Gasteiger partial charge in [0.05, 0.1) is 18.1 Å². The standard InChI is InChI=1S/C12H12N2O4/c1-18-12(17)10(9(16)6-15)11-13-7-4-2-3-5-8(7)14-11/h2-5,15-16H,6H2,1H3,(H,13,14)/b10-9+. The molecule has 0 aliphatic rings. The van der Waals surface area contributed by atoms with Crippen LogP contribution in [-0.4, -0.2) is 39.9 Å². The summed E-state index contributed by atoms with van der Waals surface area (Å²) in [7, 11) is 1.19. The van der Waals surface area contributed by atoms with Gasteiger partial charge in [-0.1, -0.05) is 12.1 Å². The summed E-state index contributed by atoms with van der Waals surface area (Å²) >= 11 is 0. The number of H-pyrrole nitrogens is 1. The molecular weight excluding hydrogens is 236 g/mol. The van der Waals surface area contributed by atoms with Gasteiger partial charge in [-0.2, -0.15) is 0 Å². The van der Waals surface area contributed by atoms with Gasteiger partial charge in [0.15, 0.2) is 0 Å². The number of fused-ring (bicyclic) bond motifs is 1. The number of methoxy groups -OCH3 is 1. The van der Waals surface area contributed by atoms with Crippen LogP contribution < -0.4 is 0 Å². The fourth-order valence-corrected chi connectivity index (χ4v) is 1.60. The maximum absolute atomic E-state index is 11.6. The molecule has 1 heterocycles. The molecule has 3 N–H and O–H groups in total. The summed E-state index contributed by atoms with van der Waals surface area (Å²) < 4.78 is 4.56. The lowest BCUT2D eigenvalue weighted by molar-refractivity contribution is -0.133. The zero-order valence-electron chi connectivity index (χ0n) is 9.67. The number of aromatic nitrogens is 2. The van der Waals surface area contributed by atoms with Gasteiger partial charge in [0.1, 0.15) is 23.8 Å². The van der Waals surface area contributed by atoms with Crippen molar-refractivity contribution in [1.82, 2.24) is 9.97 Å². The predicted octanol–water partition coefficient (Wildman–Crippen LogP) is 0.997. The molecule has 0 unspecified atom stereocenters. The second-order valence-electron chi connectivity index (χ2n) is 3.57. The monoisotopic (exact) mass is 248 g/mol. The molecule has 2 aromatic rings. The molecule has 2 rings (SSSR count). The third kappa shape index (κ3) is 2.05. The van der Waals surface area contributed by atoms with Gasteiger partial charge in [0.25, 0.3) is 0 Å². The molecular formula is C12H12N2O4. The molecule has 0 radical (unpaired) electrons. The second kappa shape index (κ2) is 4.89. The summed E-state index contributed by atoms with van der Waals surface area (Å²) in [6, 6.07) is 7.18. The summed E-state index contributed by atoms with van der Waals surface area (Å²) in [6.45, 7) is -0.665. The van der Waals surface area contributed by atoms with Gasteiger partial charge in [0.2, 0.25) is 0 Å². The Morgan fingerprint density at radius 3 is 2.78 bits per heavy atom. The van der Waals surface area contributed by atoms with E-state index >= 15 is 0 Å². The second-order valence-corrected chi connectivity index (χ2v) is 3.57. The normalized spacial score (nSPS) is 12.3. The van der Waals surface area contributed by atoms with Crippen LogP contribution >= 0.6 is 0 Å². The van der Waals surface area contributed by atoms with E-state index in [1.807, 2.05) is 6.07 Å². The van der Waals surface area contributed by atoms with E-state index in [-0.39, 0.29) is 11.4 Å². The molecule has 0 saturated carbocycles. The fraction of sp³-hybridized carbons (Fsp3) is 0.167. The van der Waals surface area contributed by atoms with Gasteiger partial charge in [-0.25, -0.2) is 9.78 Å². The Bertz CT molecular complexity index is 582. The van der Waals surface area contributed by atoms with E-state index in [0.29, 0.717) is 5.52 Å². The number of hydrogen-bond donors (Lipinski definition) is 3. The van der Waals surface area contributed by atoms with E-state index in [0.717, 1.165) is 5.52 Å². The number of ether oxygens (including phenoxy) is 1. The number of nitrogens with one attached hydrogen (secondary N) is 1. The third-order valence-electron chi connectivity index (χ3n) is 2.45. The number of hydrogen-bond acceptors (Lipinski definition) is 5. The first-order valence-corrected chi connectivity index (χ1v) is 5.23. The third-order valence-corrected chi connectivity index (χ3v) is 2.45. The van der Waals surface area contributed by atoms with Crippen molar-refractivity contribution in [3.8, 4) is 0 Å². The molecule has 1 aromatic heterocycles. The minimum absolute atomic E-state index is 0.162. The number of para-hydroxylation sites is 2. The average molecular weight is 248 g/mol. The minimum Gasteiger partial charge on any atom is -0.509 e. The highest BCUT2D eigenvalue weighted by Gasteiger charge is 2.21. The van der Waals surface area contributed by atoms with Crippen LogP contribution in [0.4, 0.5) is 0 Å². The number of nitrogens with zero attached hydrogens (tertiary/aromatic N) is 1. The van der Waals surface area contributed by atoms with Crippen molar-refractivity contribution in [3.05, 3.63) is 35.8 Å². The van der Waals surface area contributed by atoms with E-state index in [9.17, 15) is 9.90 Å². The maximum atomic E-state index is 11.6. The quantitative estimate of drug-likeness (QED) is 0.428. The molecule has 18 heavy (non-hydrogen) atoms. The number of esters is 1. The Morgan fingerprint density at radius 2 is 2.17 bits per heavy atom. The van der Waals surface area contributed by atoms with Crippen LogP contribution in [0.15, 0.2) is 30.0 Å². The van der Waals surface area contributed by atoms with E-state index in [2.05, 4.69) is 14.7 Å². The van der Waals surface area contributed by atoms with E-state index in [1.165, 1.54) is 7.11 Å². The van der Waals surface area contributed by atoms with Crippen LogP contribution in [-0.2, 0) is 9.53 Å². The Kier molecular flexibility index (Phi) is 3.29. The van der Waals surface area contributed by atoms with Crippen molar-refractivity contribution >= 4 is 22.6 Å². The molecule has 0 bridgehead atoms. The molecule has 1 aromatic carbocycles. The van der Waals surface area contributed by atoms with Crippen molar-refractivity contribution in [3.63, 3.8) is 0 Å². The van der Waals surface area contributed by atoms with Gasteiger partial charge in [-0.05, 0) is 12.1 Å². The van der Waals surface area contributed by atoms with Gasteiger partial charge in [-0.3, -0.25) is 0 Å². The number of aliphatic hydroxyl groups is 2. The van der Waals surface area contributed by atoms with Gasteiger partial charge in [0, 0.05) is 0 Å². The Morgan fingerprint density at radius 1 is 1.44 bits per heavy atom. The highest BCUT2D eigenvalue weighted by molar-refractivity contribution is 6.16. The fourth-order valence-electron chi connectivity index (χ4n) is 1.60. The lowest BCUT2D eigenvalue weighted by atomic mass is 10.2. The molecule has 0 atom stereocenters. The molecule has 0 amide bonds. The SMILES string of the molecule is COC(=O)/C(=C(/O)CO)c1nc2ccccc2[nH]1. The van der Waals surface area contributed by atoms with Crippen LogP contribution in [0.2, 0.25) is 0 Å². The van der Waals surface area contributed by atoms with Crippen LogP contribution in [0.3, 0.4) is 0 Å². The van der Waals surface area contributed by atoms with E-state index in [1.54, 1.807) is 18.2 Å². The van der Waals surface area contributed by atoms with Gasteiger partial charge >= 0.3 is 5.97 Å². The highest BCUT2D eigenvalue weighted by atomic mass is 16.5. The van der Waals surface area contributed by atoms with Crippen molar-refractivity contribution < 1.29 is 19.7 Å². The van der Waals surface area contributed by atoms with Crippen LogP contribution in [0.1, 0.15) is 5.82 Å². The summed E-state index contributed by atoms with van der Waals surface area (Å²) in [5.74, 6) is -1.09. The molecule has 0 saturated heterocycles. The first kappa shape index (κ1) is 12.1. The summed E-state index contributed by atoms with van der Waals surface area (Å²) in [5.41, 5.74) is 1.20. The molecule has 0 fully saturated rings. The highest BCUT2D eigenvalue weighted by Crippen LogP contribution is 2.20. The lowest BCUT2D eigenvalue weighted by Gasteiger charge is -2.04. The van der Waals surface area contributed by atoms with Crippen molar-refractivity contribution in [1.29, 1.82) is 0 Å². The molecule has 6 nitrogen and oxygen atoms in total. The van der Waals surface area contributed by atoms with E-state index < -0.39 is 18.3 Å². The van der Waals surface area contributed by atoms with Crippen LogP contribution in [0.25, 0.3) is 16.6 Å². The van der Waals surface area contributed by atoms with Crippen LogP contribution in [0.5, 0.6) is 0 Å². The molecule has 0 spiro atoms.